The minimum absolute atomic E-state index is 0.0508. The number of carbonyl (C=O) groups excluding carboxylic acids is 1. The molecule has 2 rings (SSSR count). The minimum Gasteiger partial charge on any atom is -0.497 e. The van der Waals surface area contributed by atoms with Gasteiger partial charge in [0.2, 0.25) is 0 Å². The van der Waals surface area contributed by atoms with Crippen molar-refractivity contribution in [2.24, 2.45) is 0 Å². The summed E-state index contributed by atoms with van der Waals surface area (Å²) in [7, 11) is 1.55. The van der Waals surface area contributed by atoms with Crippen molar-refractivity contribution in [2.45, 2.75) is 13.0 Å². The monoisotopic (exact) mass is 316 g/mol. The molecule has 2 aromatic carbocycles. The number of nitrogens with one attached hydrogen (secondary N) is 1. The van der Waals surface area contributed by atoms with Crippen LogP contribution in [0.3, 0.4) is 0 Å². The molecule has 120 valence electrons. The average Bonchev–Trinajstić information content (AvgIpc) is 2.55. The number of nitro groups is 1. The van der Waals surface area contributed by atoms with Gasteiger partial charge in [0.1, 0.15) is 5.75 Å². The number of carbonyl (C=O) groups is 1. The fourth-order valence-electron chi connectivity index (χ4n) is 1.87. The molecular weight excluding hydrogens is 300 g/mol. The lowest BCUT2D eigenvalue weighted by atomic mass is 10.2. The summed E-state index contributed by atoms with van der Waals surface area (Å²) in [6.45, 7) is 1.52. The number of rotatable bonds is 6. The molecule has 0 saturated heterocycles. The highest BCUT2D eigenvalue weighted by atomic mass is 16.6. The zero-order valence-electron chi connectivity index (χ0n) is 12.7. The fraction of sp³-hybridized carbons (Fsp3) is 0.188. The van der Waals surface area contributed by atoms with Crippen molar-refractivity contribution in [1.82, 2.24) is 0 Å². The third-order valence-corrected chi connectivity index (χ3v) is 3.09. The highest BCUT2D eigenvalue weighted by Gasteiger charge is 2.20. The molecule has 0 radical (unpaired) electrons. The van der Waals surface area contributed by atoms with Crippen molar-refractivity contribution in [3.05, 3.63) is 58.6 Å². The van der Waals surface area contributed by atoms with Gasteiger partial charge in [0.25, 0.3) is 5.91 Å². The molecule has 0 heterocycles. The molecule has 0 aliphatic carbocycles. The zero-order chi connectivity index (χ0) is 16.8. The topological polar surface area (TPSA) is 90.7 Å². The SMILES string of the molecule is COc1ccc(NC(=O)[C@@H](C)Oc2ccccc2[N+](=O)[O-])cc1. The quantitative estimate of drug-likeness (QED) is 0.653. The number of hydrogen-bond donors (Lipinski definition) is 1. The number of ether oxygens (including phenoxy) is 2. The fourth-order valence-corrected chi connectivity index (χ4v) is 1.87. The van der Waals surface area contributed by atoms with Crippen molar-refractivity contribution in [1.29, 1.82) is 0 Å². The Labute approximate surface area is 133 Å². The van der Waals surface area contributed by atoms with Gasteiger partial charge < -0.3 is 14.8 Å². The normalized spacial score (nSPS) is 11.4. The van der Waals surface area contributed by atoms with E-state index in [4.69, 9.17) is 9.47 Å². The molecule has 0 fully saturated rings. The first-order valence-electron chi connectivity index (χ1n) is 6.86. The third-order valence-electron chi connectivity index (χ3n) is 3.09. The number of anilines is 1. The van der Waals surface area contributed by atoms with Gasteiger partial charge >= 0.3 is 5.69 Å². The molecular formula is C16H16N2O5. The summed E-state index contributed by atoms with van der Waals surface area (Å²) < 4.78 is 10.4. The van der Waals surface area contributed by atoms with E-state index in [0.717, 1.165) is 0 Å². The van der Waals surface area contributed by atoms with Gasteiger partial charge in [-0.1, -0.05) is 12.1 Å². The van der Waals surface area contributed by atoms with Gasteiger partial charge in [-0.15, -0.1) is 0 Å². The van der Waals surface area contributed by atoms with Crippen LogP contribution in [0.25, 0.3) is 0 Å². The summed E-state index contributed by atoms with van der Waals surface area (Å²) in [4.78, 5) is 22.5. The smallest absolute Gasteiger partial charge is 0.310 e. The summed E-state index contributed by atoms with van der Waals surface area (Å²) in [5.41, 5.74) is 0.394. The van der Waals surface area contributed by atoms with Crippen LogP contribution in [0.15, 0.2) is 48.5 Å². The third kappa shape index (κ3) is 4.19. The number of hydrogen-bond acceptors (Lipinski definition) is 5. The van der Waals surface area contributed by atoms with Gasteiger partial charge in [-0.05, 0) is 37.3 Å². The molecule has 7 heteroatoms. The number of benzene rings is 2. The summed E-state index contributed by atoms with van der Waals surface area (Å²) in [5, 5.41) is 13.6. The first kappa shape index (κ1) is 16.3. The van der Waals surface area contributed by atoms with E-state index >= 15 is 0 Å². The molecule has 7 nitrogen and oxygen atoms in total. The highest BCUT2D eigenvalue weighted by Crippen LogP contribution is 2.27. The number of para-hydroxylation sites is 2. The Morgan fingerprint density at radius 2 is 1.83 bits per heavy atom. The van der Waals surface area contributed by atoms with Gasteiger partial charge in [-0.3, -0.25) is 14.9 Å². The Kier molecular flexibility index (Phi) is 5.14. The molecule has 0 unspecified atom stereocenters. The zero-order valence-corrected chi connectivity index (χ0v) is 12.7. The van der Waals surface area contributed by atoms with E-state index in [1.54, 1.807) is 37.4 Å². The lowest BCUT2D eigenvalue weighted by molar-refractivity contribution is -0.386. The summed E-state index contributed by atoms with van der Waals surface area (Å²) in [6, 6.07) is 12.7. The lowest BCUT2D eigenvalue weighted by Crippen LogP contribution is -2.30. The second kappa shape index (κ2) is 7.26. The second-order valence-corrected chi connectivity index (χ2v) is 4.70. The predicted molar refractivity (Wildman–Crippen MR) is 84.8 cm³/mol. The molecule has 1 amide bonds. The molecule has 1 atom stereocenters. The molecule has 0 aromatic heterocycles. The van der Waals surface area contributed by atoms with E-state index in [0.29, 0.717) is 11.4 Å². The molecule has 0 bridgehead atoms. The van der Waals surface area contributed by atoms with Gasteiger partial charge in [0, 0.05) is 11.8 Å². The molecule has 2 aromatic rings. The summed E-state index contributed by atoms with van der Waals surface area (Å²) in [6.07, 6.45) is -0.891. The Bertz CT molecular complexity index is 700. The van der Waals surface area contributed by atoms with Crippen molar-refractivity contribution in [2.75, 3.05) is 12.4 Å². The van der Waals surface area contributed by atoms with Gasteiger partial charge in [0.15, 0.2) is 11.9 Å². The van der Waals surface area contributed by atoms with E-state index in [9.17, 15) is 14.9 Å². The van der Waals surface area contributed by atoms with E-state index < -0.39 is 16.9 Å². The van der Waals surface area contributed by atoms with E-state index in [1.807, 2.05) is 0 Å². The van der Waals surface area contributed by atoms with Gasteiger partial charge in [-0.2, -0.15) is 0 Å². The predicted octanol–water partition coefficient (Wildman–Crippen LogP) is 3.01. The molecule has 0 aliphatic rings. The van der Waals surface area contributed by atoms with Crippen molar-refractivity contribution in [3.8, 4) is 11.5 Å². The van der Waals surface area contributed by atoms with Crippen molar-refractivity contribution >= 4 is 17.3 Å². The maximum Gasteiger partial charge on any atom is 0.310 e. The Balaban J connectivity index is 2.04. The van der Waals surface area contributed by atoms with Crippen LogP contribution in [0.2, 0.25) is 0 Å². The Morgan fingerprint density at radius 1 is 1.17 bits per heavy atom. The highest BCUT2D eigenvalue weighted by molar-refractivity contribution is 5.94. The lowest BCUT2D eigenvalue weighted by Gasteiger charge is -2.14. The molecule has 1 N–H and O–H groups in total. The molecule has 0 aliphatic heterocycles. The van der Waals surface area contributed by atoms with E-state index in [-0.39, 0.29) is 11.4 Å². The van der Waals surface area contributed by atoms with Crippen LogP contribution >= 0.6 is 0 Å². The maximum atomic E-state index is 12.1. The van der Waals surface area contributed by atoms with Crippen molar-refractivity contribution < 1.29 is 19.2 Å². The maximum absolute atomic E-state index is 12.1. The van der Waals surface area contributed by atoms with E-state index in [1.165, 1.54) is 25.1 Å². The number of nitro benzene ring substituents is 1. The number of methoxy groups -OCH3 is 1. The van der Waals surface area contributed by atoms with Crippen LogP contribution in [0.4, 0.5) is 11.4 Å². The Hall–Kier alpha value is -3.09. The van der Waals surface area contributed by atoms with Crippen molar-refractivity contribution in [3.63, 3.8) is 0 Å². The van der Waals surface area contributed by atoms with Crippen LogP contribution in [0, 0.1) is 10.1 Å². The van der Waals surface area contributed by atoms with Crippen LogP contribution in [-0.2, 0) is 4.79 Å². The molecule has 0 spiro atoms. The minimum atomic E-state index is -0.891. The number of amides is 1. The average molecular weight is 316 g/mol. The van der Waals surface area contributed by atoms with E-state index in [2.05, 4.69) is 5.32 Å². The van der Waals surface area contributed by atoms with Gasteiger partial charge in [-0.25, -0.2) is 0 Å². The van der Waals surface area contributed by atoms with Crippen LogP contribution in [0.1, 0.15) is 6.92 Å². The van der Waals surface area contributed by atoms with Crippen LogP contribution in [-0.4, -0.2) is 24.0 Å². The molecule has 23 heavy (non-hydrogen) atoms. The molecule has 0 saturated carbocycles. The number of nitrogens with zero attached hydrogens (tertiary/aromatic N) is 1. The first-order valence-corrected chi connectivity index (χ1v) is 6.86. The first-order chi connectivity index (χ1) is 11.0. The van der Waals surface area contributed by atoms with Crippen LogP contribution in [0.5, 0.6) is 11.5 Å². The second-order valence-electron chi connectivity index (χ2n) is 4.70. The summed E-state index contributed by atoms with van der Waals surface area (Å²) >= 11 is 0. The Morgan fingerprint density at radius 3 is 2.43 bits per heavy atom. The standard InChI is InChI=1S/C16H16N2O5/c1-11(23-15-6-4-3-5-14(15)18(20)21)16(19)17-12-7-9-13(22-2)10-8-12/h3-11H,1-2H3,(H,17,19)/t11-/m1/s1. The largest absolute Gasteiger partial charge is 0.497 e. The van der Waals surface area contributed by atoms with Crippen LogP contribution < -0.4 is 14.8 Å². The van der Waals surface area contributed by atoms with Gasteiger partial charge in [0.05, 0.1) is 12.0 Å². The summed E-state index contributed by atoms with van der Waals surface area (Å²) in [5.74, 6) is 0.315.